The van der Waals surface area contributed by atoms with Crippen LogP contribution < -0.4 is 0 Å². The summed E-state index contributed by atoms with van der Waals surface area (Å²) >= 11 is 6.05. The monoisotopic (exact) mass is 660 g/mol. The molecule has 2 aliphatic heterocycles. The van der Waals surface area contributed by atoms with Gasteiger partial charge < -0.3 is 9.47 Å². The normalized spacial score (nSPS) is 19.0. The maximum Gasteiger partial charge on any atom is 0.123 e. The van der Waals surface area contributed by atoms with Gasteiger partial charge in [-0.15, -0.1) is 0 Å². The molecule has 2 saturated heterocycles. The Morgan fingerprint density at radius 2 is 1.00 bits per heavy atom. The molecule has 8 nitrogen and oxygen atoms in total. The Balaban J connectivity index is 0.896. The highest BCUT2D eigenvalue weighted by atomic mass is 35.5. The summed E-state index contributed by atoms with van der Waals surface area (Å²) in [6.07, 6.45) is -0.0499. The average molecular weight is 661 g/mol. The third-order valence-corrected chi connectivity index (χ3v) is 9.36. The number of hydrogen-bond donors (Lipinski definition) is 2. The summed E-state index contributed by atoms with van der Waals surface area (Å²) in [6.45, 7) is 4.57. The molecule has 0 saturated carbocycles. The number of hydrazine groups is 1. The molecule has 0 amide bonds. The van der Waals surface area contributed by atoms with Crippen LogP contribution in [0.3, 0.4) is 0 Å². The molecular weight excluding hydrogens is 627 g/mol. The van der Waals surface area contributed by atoms with Gasteiger partial charge in [0.05, 0.1) is 48.2 Å². The van der Waals surface area contributed by atoms with Crippen LogP contribution in [0.25, 0.3) is 45.0 Å². The average Bonchev–Trinajstić information content (AvgIpc) is 3.84. The van der Waals surface area contributed by atoms with Gasteiger partial charge in [0.2, 0.25) is 0 Å². The fourth-order valence-electron chi connectivity index (χ4n) is 6.42. The minimum Gasteiger partial charge on any atom is -0.371 e. The van der Waals surface area contributed by atoms with Gasteiger partial charge in [0.1, 0.15) is 5.82 Å². The standard InChI is InChI=1S/C38H34ClFN6O2/c39-31-13-9-27(10-14-31)35-21-33(41-43-35)25-1-5-29(6-2-25)37-23-45(17-19-47-37)46-18-20-48-38(24-46)30-7-3-26(4-8-30)34-22-36(44-42-34)28-11-15-32(40)16-12-28/h1-16,21-22,37-38H,17-20,23-24H2,(H,41,43)(H,42,44). The van der Waals surface area contributed by atoms with Crippen molar-refractivity contribution in [2.45, 2.75) is 12.2 Å². The Morgan fingerprint density at radius 1 is 0.583 bits per heavy atom. The van der Waals surface area contributed by atoms with Gasteiger partial charge in [-0.25, -0.2) is 14.4 Å². The van der Waals surface area contributed by atoms with Crippen LogP contribution in [-0.2, 0) is 9.47 Å². The van der Waals surface area contributed by atoms with Crippen molar-refractivity contribution >= 4 is 11.6 Å². The van der Waals surface area contributed by atoms with Crippen molar-refractivity contribution in [2.24, 2.45) is 0 Å². The maximum atomic E-state index is 13.3. The number of nitrogens with one attached hydrogen (secondary N) is 2. The summed E-state index contributed by atoms with van der Waals surface area (Å²) in [5.41, 5.74) is 9.81. The number of rotatable bonds is 7. The number of aromatic amines is 2. The molecule has 4 heterocycles. The molecule has 6 aromatic rings. The molecule has 0 aliphatic carbocycles. The van der Waals surface area contributed by atoms with Gasteiger partial charge in [-0.05, 0) is 70.8 Å². The molecular formula is C38H34ClFN6O2. The highest BCUT2D eigenvalue weighted by molar-refractivity contribution is 6.30. The van der Waals surface area contributed by atoms with E-state index in [0.717, 1.165) is 82.3 Å². The predicted molar refractivity (Wildman–Crippen MR) is 184 cm³/mol. The van der Waals surface area contributed by atoms with Crippen molar-refractivity contribution in [3.8, 4) is 45.0 Å². The third-order valence-electron chi connectivity index (χ3n) is 9.11. The zero-order valence-electron chi connectivity index (χ0n) is 26.2. The lowest BCUT2D eigenvalue weighted by Crippen LogP contribution is -2.54. The van der Waals surface area contributed by atoms with Crippen LogP contribution >= 0.6 is 11.6 Å². The Hall–Kier alpha value is -4.64. The van der Waals surface area contributed by atoms with Crippen LogP contribution in [0, 0.1) is 5.82 Å². The van der Waals surface area contributed by atoms with Crippen molar-refractivity contribution < 1.29 is 13.9 Å². The van der Waals surface area contributed by atoms with Gasteiger partial charge in [0, 0.05) is 42.3 Å². The lowest BCUT2D eigenvalue weighted by molar-refractivity contribution is -0.168. The molecule has 2 atom stereocenters. The minimum absolute atomic E-state index is 0.0195. The van der Waals surface area contributed by atoms with E-state index >= 15 is 0 Å². The second-order valence-corrected chi connectivity index (χ2v) is 12.6. The molecule has 242 valence electrons. The molecule has 0 radical (unpaired) electrons. The maximum absolute atomic E-state index is 13.3. The molecule has 8 rings (SSSR count). The van der Waals surface area contributed by atoms with Crippen LogP contribution in [0.5, 0.6) is 0 Å². The number of benzene rings is 4. The Morgan fingerprint density at radius 3 is 1.46 bits per heavy atom. The molecule has 0 spiro atoms. The number of aromatic nitrogens is 4. The van der Waals surface area contributed by atoms with Crippen molar-refractivity contribution in [1.82, 2.24) is 30.4 Å². The van der Waals surface area contributed by atoms with Gasteiger partial charge in [0.25, 0.3) is 0 Å². The number of nitrogens with zero attached hydrogens (tertiary/aromatic N) is 4. The van der Waals surface area contributed by atoms with E-state index in [2.05, 4.69) is 85.0 Å². The molecule has 2 aliphatic rings. The second-order valence-electron chi connectivity index (χ2n) is 12.1. The van der Waals surface area contributed by atoms with Crippen LogP contribution in [-0.4, -0.2) is 69.8 Å². The summed E-state index contributed by atoms with van der Waals surface area (Å²) in [5, 5.41) is 20.7. The third kappa shape index (κ3) is 6.56. The highest BCUT2D eigenvalue weighted by Crippen LogP contribution is 2.31. The molecule has 10 heteroatoms. The lowest BCUT2D eigenvalue weighted by Gasteiger charge is -2.44. The number of hydrogen-bond acceptors (Lipinski definition) is 6. The Bertz CT molecular complexity index is 1830. The summed E-state index contributed by atoms with van der Waals surface area (Å²) < 4.78 is 25.8. The molecule has 2 fully saturated rings. The second kappa shape index (κ2) is 13.5. The van der Waals surface area contributed by atoms with E-state index < -0.39 is 0 Å². The number of ether oxygens (including phenoxy) is 2. The quantitative estimate of drug-likeness (QED) is 0.181. The SMILES string of the molecule is Fc1ccc(-c2cc(-c3ccc(C4CN(N5CCOC(c6ccc(-c7cc(-c8ccc(Cl)cc8)n[nH]7)cc6)C5)CCO4)cc3)[nH]n2)cc1. The van der Waals surface area contributed by atoms with E-state index in [-0.39, 0.29) is 18.0 Å². The van der Waals surface area contributed by atoms with Gasteiger partial charge >= 0.3 is 0 Å². The summed E-state index contributed by atoms with van der Waals surface area (Å²) in [7, 11) is 0. The smallest absolute Gasteiger partial charge is 0.123 e. The minimum atomic E-state index is -0.260. The van der Waals surface area contributed by atoms with Crippen LogP contribution in [0.2, 0.25) is 5.02 Å². The number of halogens is 2. The van der Waals surface area contributed by atoms with Gasteiger partial charge in [-0.1, -0.05) is 72.3 Å². The van der Waals surface area contributed by atoms with Gasteiger partial charge in [-0.3, -0.25) is 10.2 Å². The first kappa shape index (κ1) is 30.7. The van der Waals surface area contributed by atoms with Crippen molar-refractivity contribution in [3.63, 3.8) is 0 Å². The number of H-pyrrole nitrogens is 2. The zero-order chi connectivity index (χ0) is 32.5. The van der Waals surface area contributed by atoms with E-state index in [1.807, 2.05) is 30.3 Å². The largest absolute Gasteiger partial charge is 0.371 e. The topological polar surface area (TPSA) is 82.3 Å². The molecule has 2 unspecified atom stereocenters. The van der Waals surface area contributed by atoms with Crippen molar-refractivity contribution in [2.75, 3.05) is 39.4 Å². The first-order valence-corrected chi connectivity index (χ1v) is 16.5. The first-order chi connectivity index (χ1) is 23.6. The van der Waals surface area contributed by atoms with Gasteiger partial charge in [-0.2, -0.15) is 10.2 Å². The summed E-state index contributed by atoms with van der Waals surface area (Å²) in [6, 6.07) is 35.1. The predicted octanol–water partition coefficient (Wildman–Crippen LogP) is 7.96. The zero-order valence-corrected chi connectivity index (χ0v) is 26.9. The van der Waals surface area contributed by atoms with Gasteiger partial charge in [0.15, 0.2) is 0 Å². The van der Waals surface area contributed by atoms with E-state index in [1.165, 1.54) is 12.1 Å². The fourth-order valence-corrected chi connectivity index (χ4v) is 6.55. The van der Waals surface area contributed by atoms with Crippen LogP contribution in [0.15, 0.2) is 109 Å². The molecule has 0 bridgehead atoms. The first-order valence-electron chi connectivity index (χ1n) is 16.1. The highest BCUT2D eigenvalue weighted by Gasteiger charge is 2.31. The number of morpholine rings is 2. The summed E-state index contributed by atoms with van der Waals surface area (Å²) in [5.74, 6) is -0.260. The van der Waals surface area contributed by atoms with E-state index in [0.29, 0.717) is 18.2 Å². The van der Waals surface area contributed by atoms with E-state index in [1.54, 1.807) is 12.1 Å². The van der Waals surface area contributed by atoms with E-state index in [9.17, 15) is 4.39 Å². The summed E-state index contributed by atoms with van der Waals surface area (Å²) in [4.78, 5) is 0. The molecule has 2 N–H and O–H groups in total. The molecule has 2 aromatic heterocycles. The van der Waals surface area contributed by atoms with E-state index in [4.69, 9.17) is 21.1 Å². The fraction of sp³-hybridized carbons (Fsp3) is 0.211. The van der Waals surface area contributed by atoms with Crippen molar-refractivity contribution in [1.29, 1.82) is 0 Å². The Kier molecular flexibility index (Phi) is 8.61. The molecule has 48 heavy (non-hydrogen) atoms. The molecule has 4 aromatic carbocycles. The van der Waals surface area contributed by atoms with Crippen LogP contribution in [0.1, 0.15) is 23.3 Å². The Labute approximate surface area is 283 Å². The lowest BCUT2D eigenvalue weighted by atomic mass is 10.0. The van der Waals surface area contributed by atoms with Crippen LogP contribution in [0.4, 0.5) is 4.39 Å². The van der Waals surface area contributed by atoms with Crippen molar-refractivity contribution in [3.05, 3.63) is 131 Å².